The molecule has 1 N–H and O–H groups in total. The first kappa shape index (κ1) is 9.39. The van der Waals surface area contributed by atoms with Crippen LogP contribution in [0.1, 0.15) is 12.8 Å². The lowest BCUT2D eigenvalue weighted by Gasteiger charge is -2.15. The van der Waals surface area contributed by atoms with Gasteiger partial charge in [-0.2, -0.15) is 0 Å². The van der Waals surface area contributed by atoms with Gasteiger partial charge in [0.2, 0.25) is 0 Å². The maximum absolute atomic E-state index is 11.9. The lowest BCUT2D eigenvalue weighted by atomic mass is 10.3. The Bertz CT molecular complexity index is 570. The van der Waals surface area contributed by atoms with Crippen molar-refractivity contribution in [3.05, 3.63) is 34.6 Å². The summed E-state index contributed by atoms with van der Waals surface area (Å²) in [6.07, 6.45) is 2.29. The number of benzene rings is 1. The van der Waals surface area contributed by atoms with Gasteiger partial charge in [-0.05, 0) is 25.0 Å². The quantitative estimate of drug-likeness (QED) is 0.784. The topological polar surface area (TPSA) is 49.0 Å². The fraction of sp³-hybridized carbons (Fsp3) is 0.333. The Kier molecular flexibility index (Phi) is 2.13. The molecule has 0 amide bonds. The van der Waals surface area contributed by atoms with Crippen LogP contribution in [0.5, 0.6) is 0 Å². The Balaban J connectivity index is 2.17. The van der Waals surface area contributed by atoms with Crippen molar-refractivity contribution in [1.29, 1.82) is 0 Å². The van der Waals surface area contributed by atoms with Crippen molar-refractivity contribution in [3.8, 4) is 0 Å². The number of nitrogens with zero attached hydrogens (tertiary/aromatic N) is 2. The summed E-state index contributed by atoms with van der Waals surface area (Å²) in [4.78, 5) is 21.2. The van der Waals surface area contributed by atoms with E-state index in [4.69, 9.17) is 0 Å². The van der Waals surface area contributed by atoms with Gasteiger partial charge in [0.15, 0.2) is 5.82 Å². The van der Waals surface area contributed by atoms with Crippen LogP contribution in [0.25, 0.3) is 11.0 Å². The summed E-state index contributed by atoms with van der Waals surface area (Å²) in [5.74, 6) is 0.566. The van der Waals surface area contributed by atoms with Gasteiger partial charge in [-0.15, -0.1) is 0 Å². The highest BCUT2D eigenvalue weighted by atomic mass is 16.1. The van der Waals surface area contributed by atoms with Gasteiger partial charge in [0.25, 0.3) is 5.56 Å². The van der Waals surface area contributed by atoms with Gasteiger partial charge >= 0.3 is 0 Å². The minimum absolute atomic E-state index is 0.0828. The lowest BCUT2D eigenvalue weighted by Crippen LogP contribution is -2.27. The molecule has 1 fully saturated rings. The van der Waals surface area contributed by atoms with E-state index in [1.54, 1.807) is 0 Å². The van der Waals surface area contributed by atoms with Crippen molar-refractivity contribution in [2.45, 2.75) is 12.8 Å². The summed E-state index contributed by atoms with van der Waals surface area (Å²) in [7, 11) is 0. The molecule has 2 heterocycles. The van der Waals surface area contributed by atoms with Gasteiger partial charge < -0.3 is 9.88 Å². The van der Waals surface area contributed by atoms with Crippen LogP contribution in [0, 0.1) is 0 Å². The summed E-state index contributed by atoms with van der Waals surface area (Å²) in [5.41, 5.74) is 1.57. The monoisotopic (exact) mass is 215 g/mol. The largest absolute Gasteiger partial charge is 0.352 e. The molecule has 0 spiro atoms. The number of hydrogen-bond donors (Lipinski definition) is 1. The molecular weight excluding hydrogens is 202 g/mol. The van der Waals surface area contributed by atoms with E-state index >= 15 is 0 Å². The molecule has 16 heavy (non-hydrogen) atoms. The van der Waals surface area contributed by atoms with Crippen LogP contribution in [0.3, 0.4) is 0 Å². The van der Waals surface area contributed by atoms with Crippen molar-refractivity contribution in [2.75, 3.05) is 18.0 Å². The van der Waals surface area contributed by atoms with Crippen molar-refractivity contribution in [2.24, 2.45) is 0 Å². The lowest BCUT2D eigenvalue weighted by molar-refractivity contribution is 0.924. The third-order valence-electron chi connectivity index (χ3n) is 2.99. The van der Waals surface area contributed by atoms with E-state index in [1.165, 1.54) is 0 Å². The predicted molar refractivity (Wildman–Crippen MR) is 63.8 cm³/mol. The van der Waals surface area contributed by atoms with Crippen molar-refractivity contribution < 1.29 is 0 Å². The third-order valence-corrected chi connectivity index (χ3v) is 2.99. The number of hydrogen-bond acceptors (Lipinski definition) is 3. The summed E-state index contributed by atoms with van der Waals surface area (Å²) < 4.78 is 0. The molecule has 1 aromatic heterocycles. The van der Waals surface area contributed by atoms with Gasteiger partial charge in [0.1, 0.15) is 0 Å². The number of fused-ring (bicyclic) bond motifs is 1. The maximum atomic E-state index is 11.9. The smallest absolute Gasteiger partial charge is 0.291 e. The van der Waals surface area contributed by atoms with Crippen LogP contribution in [0.2, 0.25) is 0 Å². The van der Waals surface area contributed by atoms with Gasteiger partial charge in [-0.1, -0.05) is 12.1 Å². The second kappa shape index (κ2) is 3.63. The van der Waals surface area contributed by atoms with E-state index in [9.17, 15) is 4.79 Å². The van der Waals surface area contributed by atoms with Crippen LogP contribution in [-0.2, 0) is 0 Å². The van der Waals surface area contributed by atoms with Crippen molar-refractivity contribution in [1.82, 2.24) is 9.97 Å². The van der Waals surface area contributed by atoms with E-state index in [2.05, 4.69) is 14.9 Å². The molecule has 4 nitrogen and oxygen atoms in total. The molecule has 0 saturated carbocycles. The standard InChI is InChI=1S/C12H13N3O/c16-12-11(15-7-3-4-8-15)13-9-5-1-2-6-10(9)14-12/h1-2,5-6H,3-4,7-8H2,(H,14,16). The number of rotatable bonds is 1. The Labute approximate surface area is 92.9 Å². The first-order valence-electron chi connectivity index (χ1n) is 5.58. The molecule has 1 aliphatic heterocycles. The van der Waals surface area contributed by atoms with Crippen LogP contribution >= 0.6 is 0 Å². The Morgan fingerprint density at radius 2 is 1.94 bits per heavy atom. The summed E-state index contributed by atoms with van der Waals surface area (Å²) in [6.45, 7) is 1.88. The molecule has 0 aliphatic carbocycles. The number of para-hydroxylation sites is 2. The fourth-order valence-corrected chi connectivity index (χ4v) is 2.16. The zero-order valence-corrected chi connectivity index (χ0v) is 8.94. The molecule has 0 radical (unpaired) electrons. The molecule has 82 valence electrons. The van der Waals surface area contributed by atoms with Crippen LogP contribution in [0.15, 0.2) is 29.1 Å². The highest BCUT2D eigenvalue weighted by Crippen LogP contribution is 2.16. The summed E-state index contributed by atoms with van der Waals surface area (Å²) in [5, 5.41) is 0. The van der Waals surface area contributed by atoms with E-state index < -0.39 is 0 Å². The van der Waals surface area contributed by atoms with Gasteiger partial charge in [-0.25, -0.2) is 4.98 Å². The molecular formula is C12H13N3O. The molecule has 2 aromatic rings. The number of nitrogens with one attached hydrogen (secondary N) is 1. The molecule has 1 saturated heterocycles. The Morgan fingerprint density at radius 1 is 1.19 bits per heavy atom. The normalized spacial score (nSPS) is 15.9. The second-order valence-electron chi connectivity index (χ2n) is 4.10. The minimum Gasteiger partial charge on any atom is -0.352 e. The number of aromatic amines is 1. The number of anilines is 1. The zero-order valence-electron chi connectivity index (χ0n) is 8.94. The molecule has 1 aromatic carbocycles. The van der Waals surface area contributed by atoms with Crippen LogP contribution in [0.4, 0.5) is 5.82 Å². The van der Waals surface area contributed by atoms with E-state index in [1.807, 2.05) is 24.3 Å². The van der Waals surface area contributed by atoms with Gasteiger partial charge in [-0.3, -0.25) is 4.79 Å². The highest BCUT2D eigenvalue weighted by molar-refractivity contribution is 5.75. The maximum Gasteiger partial charge on any atom is 0.291 e. The average Bonchev–Trinajstić information content (AvgIpc) is 2.81. The number of H-pyrrole nitrogens is 1. The molecule has 0 unspecified atom stereocenters. The predicted octanol–water partition coefficient (Wildman–Crippen LogP) is 1.52. The molecule has 1 aliphatic rings. The Hall–Kier alpha value is -1.84. The van der Waals surface area contributed by atoms with E-state index in [0.29, 0.717) is 5.82 Å². The van der Waals surface area contributed by atoms with Crippen LogP contribution < -0.4 is 10.5 Å². The van der Waals surface area contributed by atoms with Crippen molar-refractivity contribution in [3.63, 3.8) is 0 Å². The number of aromatic nitrogens is 2. The molecule has 4 heteroatoms. The summed E-state index contributed by atoms with van der Waals surface area (Å²) in [6, 6.07) is 7.62. The Morgan fingerprint density at radius 3 is 2.75 bits per heavy atom. The molecule has 3 rings (SSSR count). The van der Waals surface area contributed by atoms with Gasteiger partial charge in [0, 0.05) is 13.1 Å². The SMILES string of the molecule is O=c1[nH]c2ccccc2nc1N1CCCC1. The van der Waals surface area contributed by atoms with Crippen LogP contribution in [-0.4, -0.2) is 23.1 Å². The second-order valence-corrected chi connectivity index (χ2v) is 4.10. The first-order valence-corrected chi connectivity index (χ1v) is 5.58. The first-order chi connectivity index (χ1) is 7.84. The molecule has 0 bridgehead atoms. The van der Waals surface area contributed by atoms with E-state index in [0.717, 1.165) is 37.0 Å². The average molecular weight is 215 g/mol. The zero-order chi connectivity index (χ0) is 11.0. The minimum atomic E-state index is -0.0828. The fourth-order valence-electron chi connectivity index (χ4n) is 2.16. The summed E-state index contributed by atoms with van der Waals surface area (Å²) >= 11 is 0. The van der Waals surface area contributed by atoms with E-state index in [-0.39, 0.29) is 5.56 Å². The third kappa shape index (κ3) is 1.46. The highest BCUT2D eigenvalue weighted by Gasteiger charge is 2.17. The van der Waals surface area contributed by atoms with Crippen molar-refractivity contribution >= 4 is 16.9 Å². The molecule has 0 atom stereocenters. The van der Waals surface area contributed by atoms with Gasteiger partial charge in [0.05, 0.1) is 11.0 Å².